The van der Waals surface area contributed by atoms with Crippen molar-refractivity contribution in [2.75, 3.05) is 7.11 Å². The molecule has 4 heteroatoms. The number of ether oxygens (including phenoxy) is 1. The summed E-state index contributed by atoms with van der Waals surface area (Å²) in [5.74, 6) is 1.55. The molecule has 0 amide bonds. The van der Waals surface area contributed by atoms with Crippen molar-refractivity contribution < 1.29 is 4.74 Å². The summed E-state index contributed by atoms with van der Waals surface area (Å²) in [6, 6.07) is 8.52. The molecule has 0 spiro atoms. The number of hydrogen-bond acceptors (Lipinski definition) is 2. The molecule has 2 bridgehead atoms. The lowest BCUT2D eigenvalue weighted by Gasteiger charge is -2.43. The van der Waals surface area contributed by atoms with Gasteiger partial charge in [-0.2, -0.15) is 0 Å². The maximum absolute atomic E-state index is 14.0. The lowest BCUT2D eigenvalue weighted by Crippen LogP contribution is -2.41. The number of nitrogens with zero attached hydrogens (tertiary/aromatic N) is 2. The first-order chi connectivity index (χ1) is 14.3. The van der Waals surface area contributed by atoms with E-state index in [2.05, 4.69) is 55.2 Å². The number of rotatable bonds is 5. The van der Waals surface area contributed by atoms with Crippen LogP contribution < -0.4 is 10.3 Å². The summed E-state index contributed by atoms with van der Waals surface area (Å²) in [6.45, 7) is 10.2. The molecule has 2 heterocycles. The quantitative estimate of drug-likeness (QED) is 0.509. The number of unbranched alkanes of at least 4 members (excludes halogenated alkanes) is 1. The van der Waals surface area contributed by atoms with Crippen molar-refractivity contribution in [3.63, 3.8) is 0 Å². The number of benzene rings is 1. The zero-order valence-corrected chi connectivity index (χ0v) is 19.0. The molecular formula is C26H34N2O2. The van der Waals surface area contributed by atoms with Crippen LogP contribution in [0.5, 0.6) is 5.75 Å². The molecule has 2 fully saturated rings. The molecule has 30 heavy (non-hydrogen) atoms. The maximum atomic E-state index is 14.0. The van der Waals surface area contributed by atoms with Crippen LogP contribution in [0.2, 0.25) is 0 Å². The molecule has 3 atom stereocenters. The fourth-order valence-electron chi connectivity index (χ4n) is 7.03. The Bertz CT molecular complexity index is 1180. The number of aryl methyl sites for hydroxylation is 1. The van der Waals surface area contributed by atoms with E-state index in [0.717, 1.165) is 46.9 Å². The van der Waals surface area contributed by atoms with E-state index < -0.39 is 0 Å². The van der Waals surface area contributed by atoms with Gasteiger partial charge in [0.25, 0.3) is 5.56 Å². The summed E-state index contributed by atoms with van der Waals surface area (Å²) in [5, 5.41) is 1.87. The minimum absolute atomic E-state index is 0.142. The Kier molecular flexibility index (Phi) is 4.36. The van der Waals surface area contributed by atoms with Crippen molar-refractivity contribution in [1.29, 1.82) is 0 Å². The second kappa shape index (κ2) is 6.63. The topological polar surface area (TPSA) is 36.2 Å². The Hall–Kier alpha value is -2.23. The molecule has 1 aromatic carbocycles. The second-order valence-electron chi connectivity index (χ2n) is 10.5. The van der Waals surface area contributed by atoms with Crippen LogP contribution in [0.1, 0.15) is 65.8 Å². The molecule has 2 saturated carbocycles. The Morgan fingerprint density at radius 3 is 2.67 bits per heavy atom. The van der Waals surface area contributed by atoms with Crippen molar-refractivity contribution in [1.82, 2.24) is 9.13 Å². The van der Waals surface area contributed by atoms with Gasteiger partial charge in [-0.05, 0) is 54.6 Å². The zero-order chi connectivity index (χ0) is 21.3. The Balaban J connectivity index is 1.80. The van der Waals surface area contributed by atoms with Crippen molar-refractivity contribution in [2.24, 2.45) is 16.7 Å². The predicted octanol–water partition coefficient (Wildman–Crippen LogP) is 6.15. The molecule has 0 saturated heterocycles. The number of hydrogen-bond donors (Lipinski definition) is 0. The van der Waals surface area contributed by atoms with Crippen LogP contribution in [0.4, 0.5) is 0 Å². The molecule has 0 N–H and O–H groups in total. The largest absolute Gasteiger partial charge is 0.495 e. The lowest BCUT2D eigenvalue weighted by molar-refractivity contribution is 0.0811. The van der Waals surface area contributed by atoms with Crippen LogP contribution in [0.15, 0.2) is 35.3 Å². The Morgan fingerprint density at radius 1 is 1.20 bits per heavy atom. The third-order valence-electron chi connectivity index (χ3n) is 8.35. The summed E-state index contributed by atoms with van der Waals surface area (Å²) < 4.78 is 10.1. The van der Waals surface area contributed by atoms with Gasteiger partial charge in [0.15, 0.2) is 0 Å². The molecule has 3 aromatic rings. The molecule has 160 valence electrons. The SMILES string of the molecule is CCCCn1c2ccn(C3C4(C)CCC(C4)C3(C)C)c(=O)c2c2cccc(OC)c21. The fraction of sp³-hybridized carbons (Fsp3) is 0.577. The van der Waals surface area contributed by atoms with E-state index in [1.807, 2.05) is 12.1 Å². The minimum atomic E-state index is 0.142. The maximum Gasteiger partial charge on any atom is 0.260 e. The first-order valence-corrected chi connectivity index (χ1v) is 11.5. The van der Waals surface area contributed by atoms with Gasteiger partial charge in [0.2, 0.25) is 0 Å². The normalized spacial score (nSPS) is 27.4. The van der Waals surface area contributed by atoms with Gasteiger partial charge in [-0.25, -0.2) is 0 Å². The number of para-hydroxylation sites is 1. The molecule has 2 aliphatic carbocycles. The molecular weight excluding hydrogens is 372 g/mol. The van der Waals surface area contributed by atoms with E-state index in [-0.39, 0.29) is 22.4 Å². The van der Waals surface area contributed by atoms with Crippen LogP contribution in [0.25, 0.3) is 21.8 Å². The summed E-state index contributed by atoms with van der Waals surface area (Å²) in [4.78, 5) is 14.0. The van der Waals surface area contributed by atoms with Crippen LogP contribution in [0, 0.1) is 16.7 Å². The van der Waals surface area contributed by atoms with E-state index in [4.69, 9.17) is 4.74 Å². The van der Waals surface area contributed by atoms with Gasteiger partial charge in [-0.3, -0.25) is 4.79 Å². The standard InChI is InChI=1S/C26H34N2O2/c1-6-7-14-27-19-12-15-28(24-25(2,3)17-11-13-26(24,4)16-17)23(29)21(19)18-9-8-10-20(30-5)22(18)27/h8-10,12,15,17,24H,6-7,11,13-14,16H2,1-5H3. The van der Waals surface area contributed by atoms with Gasteiger partial charge < -0.3 is 13.9 Å². The highest BCUT2D eigenvalue weighted by molar-refractivity contribution is 6.09. The molecule has 5 rings (SSSR count). The predicted molar refractivity (Wildman–Crippen MR) is 123 cm³/mol. The molecule has 2 aromatic heterocycles. The van der Waals surface area contributed by atoms with Crippen LogP contribution in [-0.2, 0) is 6.54 Å². The van der Waals surface area contributed by atoms with E-state index in [9.17, 15) is 4.79 Å². The van der Waals surface area contributed by atoms with Crippen molar-refractivity contribution in [3.05, 3.63) is 40.8 Å². The molecule has 4 nitrogen and oxygen atoms in total. The zero-order valence-electron chi connectivity index (χ0n) is 19.0. The minimum Gasteiger partial charge on any atom is -0.495 e. The monoisotopic (exact) mass is 406 g/mol. The Labute approximate surface area is 178 Å². The number of methoxy groups -OCH3 is 1. The molecule has 2 aliphatic rings. The van der Waals surface area contributed by atoms with Gasteiger partial charge >= 0.3 is 0 Å². The van der Waals surface area contributed by atoms with Crippen molar-refractivity contribution in [2.45, 2.75) is 72.4 Å². The van der Waals surface area contributed by atoms with Gasteiger partial charge in [0.1, 0.15) is 5.75 Å². The van der Waals surface area contributed by atoms with Gasteiger partial charge in [0.05, 0.1) is 23.5 Å². The van der Waals surface area contributed by atoms with Crippen LogP contribution >= 0.6 is 0 Å². The van der Waals surface area contributed by atoms with E-state index >= 15 is 0 Å². The van der Waals surface area contributed by atoms with Crippen LogP contribution in [-0.4, -0.2) is 16.2 Å². The summed E-state index contributed by atoms with van der Waals surface area (Å²) >= 11 is 0. The number of fused-ring (bicyclic) bond motifs is 5. The highest BCUT2D eigenvalue weighted by Crippen LogP contribution is 2.67. The molecule has 0 aliphatic heterocycles. The molecule has 0 radical (unpaired) electrons. The third kappa shape index (κ3) is 2.48. The summed E-state index contributed by atoms with van der Waals surface area (Å²) in [7, 11) is 1.72. The average molecular weight is 407 g/mol. The second-order valence-corrected chi connectivity index (χ2v) is 10.5. The first kappa shape index (κ1) is 19.7. The average Bonchev–Trinajstić information content (AvgIpc) is 3.32. The van der Waals surface area contributed by atoms with Crippen LogP contribution in [0.3, 0.4) is 0 Å². The number of aromatic nitrogens is 2. The fourth-order valence-corrected chi connectivity index (χ4v) is 7.03. The smallest absolute Gasteiger partial charge is 0.260 e. The summed E-state index contributed by atoms with van der Waals surface area (Å²) in [6.07, 6.45) is 8.03. The summed E-state index contributed by atoms with van der Waals surface area (Å²) in [5.41, 5.74) is 2.60. The Morgan fingerprint density at radius 2 is 2.00 bits per heavy atom. The van der Waals surface area contributed by atoms with E-state index in [0.29, 0.717) is 5.92 Å². The van der Waals surface area contributed by atoms with E-state index in [1.165, 1.54) is 19.3 Å². The molecule has 3 unspecified atom stereocenters. The van der Waals surface area contributed by atoms with Gasteiger partial charge in [-0.15, -0.1) is 0 Å². The van der Waals surface area contributed by atoms with Crippen molar-refractivity contribution in [3.8, 4) is 5.75 Å². The highest BCUT2D eigenvalue weighted by atomic mass is 16.5. The van der Waals surface area contributed by atoms with Crippen molar-refractivity contribution >= 4 is 21.8 Å². The van der Waals surface area contributed by atoms with Gasteiger partial charge in [-0.1, -0.05) is 46.2 Å². The first-order valence-electron chi connectivity index (χ1n) is 11.5. The number of pyridine rings is 1. The third-order valence-corrected chi connectivity index (χ3v) is 8.35. The lowest BCUT2D eigenvalue weighted by atomic mass is 9.68. The highest BCUT2D eigenvalue weighted by Gasteiger charge is 2.60. The van der Waals surface area contributed by atoms with Gasteiger partial charge in [0, 0.05) is 24.2 Å². The van der Waals surface area contributed by atoms with E-state index in [1.54, 1.807) is 7.11 Å².